The maximum Gasteiger partial charge on any atom is 0.188 e. The topological polar surface area (TPSA) is 41.5 Å². The largest absolute Gasteiger partial charge is 0.379 e. The van der Waals surface area contributed by atoms with Crippen molar-refractivity contribution >= 4 is 12.0 Å². The summed E-state index contributed by atoms with van der Waals surface area (Å²) in [5.74, 6) is 0.118. The smallest absolute Gasteiger partial charge is 0.188 e. The van der Waals surface area contributed by atoms with E-state index in [9.17, 15) is 4.79 Å². The van der Waals surface area contributed by atoms with Gasteiger partial charge in [0.25, 0.3) is 0 Å². The number of ketones is 1. The van der Waals surface area contributed by atoms with E-state index in [1.807, 2.05) is 6.92 Å². The van der Waals surface area contributed by atoms with E-state index in [1.54, 1.807) is 6.21 Å². The van der Waals surface area contributed by atoms with E-state index in [0.29, 0.717) is 12.1 Å². The fourth-order valence-corrected chi connectivity index (χ4v) is 1.41. The highest BCUT2D eigenvalue weighted by atomic mass is 16.1. The number of Topliss-reactive ketones (excluding diaryl/α,β-unsaturated/α-hetero) is 1. The second kappa shape index (κ2) is 2.59. The normalized spacial score (nSPS) is 27.8. The lowest BCUT2D eigenvalue weighted by Crippen LogP contribution is -2.11. The molecule has 0 radical (unpaired) electrons. The summed E-state index contributed by atoms with van der Waals surface area (Å²) in [6.45, 7) is 2.80. The zero-order chi connectivity index (χ0) is 8.55. The molecule has 0 atom stereocenters. The van der Waals surface area contributed by atoms with Crippen LogP contribution in [0.3, 0.4) is 0 Å². The summed E-state index contributed by atoms with van der Waals surface area (Å²) < 4.78 is 0. The summed E-state index contributed by atoms with van der Waals surface area (Å²) in [5, 5.41) is 3.13. The SMILES string of the molecule is CC1=CCN/C1=C1/N=CCC1=O. The lowest BCUT2D eigenvalue weighted by atomic mass is 10.1. The van der Waals surface area contributed by atoms with Gasteiger partial charge < -0.3 is 5.32 Å². The Kier molecular flexibility index (Phi) is 1.57. The molecule has 2 rings (SSSR count). The maximum absolute atomic E-state index is 11.3. The van der Waals surface area contributed by atoms with Crippen molar-refractivity contribution in [3.05, 3.63) is 23.0 Å². The molecule has 0 bridgehead atoms. The van der Waals surface area contributed by atoms with Crippen LogP contribution >= 0.6 is 0 Å². The van der Waals surface area contributed by atoms with E-state index in [0.717, 1.165) is 17.8 Å². The van der Waals surface area contributed by atoms with Crippen molar-refractivity contribution in [2.45, 2.75) is 13.3 Å². The van der Waals surface area contributed by atoms with Crippen LogP contribution in [0.15, 0.2) is 28.0 Å². The van der Waals surface area contributed by atoms with Crippen LogP contribution in [0, 0.1) is 0 Å². The van der Waals surface area contributed by atoms with Gasteiger partial charge in [0.15, 0.2) is 5.78 Å². The molecule has 0 aromatic carbocycles. The van der Waals surface area contributed by atoms with Gasteiger partial charge in [0, 0.05) is 19.2 Å². The van der Waals surface area contributed by atoms with Gasteiger partial charge in [-0.1, -0.05) is 6.08 Å². The van der Waals surface area contributed by atoms with E-state index in [1.165, 1.54) is 0 Å². The molecule has 2 heterocycles. The van der Waals surface area contributed by atoms with Crippen molar-refractivity contribution in [3.63, 3.8) is 0 Å². The minimum atomic E-state index is 0.118. The van der Waals surface area contributed by atoms with Crippen molar-refractivity contribution in [2.75, 3.05) is 6.54 Å². The van der Waals surface area contributed by atoms with Gasteiger partial charge in [-0.3, -0.25) is 9.79 Å². The predicted octanol–water partition coefficient (Wildman–Crippen LogP) is 0.791. The molecule has 0 saturated heterocycles. The summed E-state index contributed by atoms with van der Waals surface area (Å²) in [4.78, 5) is 15.3. The van der Waals surface area contributed by atoms with Crippen LogP contribution in [0.4, 0.5) is 0 Å². The van der Waals surface area contributed by atoms with E-state index in [-0.39, 0.29) is 5.78 Å². The first kappa shape index (κ1) is 7.28. The predicted molar refractivity (Wildman–Crippen MR) is 46.9 cm³/mol. The minimum Gasteiger partial charge on any atom is -0.379 e. The fraction of sp³-hybridized carbons (Fsp3) is 0.333. The Morgan fingerprint density at radius 1 is 1.58 bits per heavy atom. The molecule has 1 N–H and O–H groups in total. The molecule has 0 aromatic rings. The minimum absolute atomic E-state index is 0.118. The average Bonchev–Trinajstić information content (AvgIpc) is 2.59. The zero-order valence-electron chi connectivity index (χ0n) is 6.92. The molecule has 0 aromatic heterocycles. The zero-order valence-corrected chi connectivity index (χ0v) is 6.92. The summed E-state index contributed by atoms with van der Waals surface area (Å²) in [5.41, 5.74) is 2.63. The van der Waals surface area contributed by atoms with Gasteiger partial charge in [0.2, 0.25) is 0 Å². The Bertz CT molecular complexity index is 323. The Balaban J connectivity index is 2.43. The van der Waals surface area contributed by atoms with Crippen molar-refractivity contribution in [1.29, 1.82) is 0 Å². The maximum atomic E-state index is 11.3. The van der Waals surface area contributed by atoms with Crippen LogP contribution in [0.5, 0.6) is 0 Å². The molecule has 0 saturated carbocycles. The molecule has 2 aliphatic heterocycles. The van der Waals surface area contributed by atoms with E-state index >= 15 is 0 Å². The monoisotopic (exact) mass is 162 g/mol. The Labute approximate surface area is 70.9 Å². The molecule has 12 heavy (non-hydrogen) atoms. The Morgan fingerprint density at radius 2 is 2.42 bits per heavy atom. The van der Waals surface area contributed by atoms with Crippen molar-refractivity contribution in [2.24, 2.45) is 4.99 Å². The highest BCUT2D eigenvalue weighted by Crippen LogP contribution is 2.20. The third kappa shape index (κ3) is 0.978. The van der Waals surface area contributed by atoms with Gasteiger partial charge >= 0.3 is 0 Å². The van der Waals surface area contributed by atoms with E-state index < -0.39 is 0 Å². The number of allylic oxidation sites excluding steroid dienone is 2. The number of hydrogen-bond donors (Lipinski definition) is 1. The standard InChI is InChI=1S/C9H10N2O/c1-6-2-4-10-8(6)9-7(12)3-5-11-9/h2,5,10H,3-4H2,1H3/b9-8+. The van der Waals surface area contributed by atoms with Crippen molar-refractivity contribution < 1.29 is 4.79 Å². The summed E-state index contributed by atoms with van der Waals surface area (Å²) in [7, 11) is 0. The number of hydrogen-bond acceptors (Lipinski definition) is 3. The first-order chi connectivity index (χ1) is 5.79. The van der Waals surface area contributed by atoms with Crippen LogP contribution in [0.25, 0.3) is 0 Å². The Hall–Kier alpha value is -1.38. The molecule has 0 fully saturated rings. The number of carbonyl (C=O) groups excluding carboxylic acids is 1. The average molecular weight is 162 g/mol. The molecule has 2 aliphatic rings. The van der Waals surface area contributed by atoms with Gasteiger partial charge in [-0.25, -0.2) is 0 Å². The van der Waals surface area contributed by atoms with Crippen LogP contribution in [0.2, 0.25) is 0 Å². The van der Waals surface area contributed by atoms with Crippen LogP contribution < -0.4 is 5.32 Å². The molecule has 0 spiro atoms. The fourth-order valence-electron chi connectivity index (χ4n) is 1.41. The van der Waals surface area contributed by atoms with Gasteiger partial charge in [0.1, 0.15) is 5.70 Å². The molecular formula is C9H10N2O. The third-order valence-corrected chi connectivity index (χ3v) is 2.08. The Morgan fingerprint density at radius 3 is 2.92 bits per heavy atom. The molecular weight excluding hydrogens is 152 g/mol. The highest BCUT2D eigenvalue weighted by Gasteiger charge is 2.20. The molecule has 3 heteroatoms. The lowest BCUT2D eigenvalue weighted by Gasteiger charge is -2.02. The highest BCUT2D eigenvalue weighted by molar-refractivity contribution is 6.09. The molecule has 0 unspecified atom stereocenters. The first-order valence-electron chi connectivity index (χ1n) is 4.00. The molecule has 62 valence electrons. The van der Waals surface area contributed by atoms with Crippen LogP contribution in [0.1, 0.15) is 13.3 Å². The van der Waals surface area contributed by atoms with Crippen LogP contribution in [-0.4, -0.2) is 18.5 Å². The first-order valence-corrected chi connectivity index (χ1v) is 4.00. The van der Waals surface area contributed by atoms with Gasteiger partial charge in [-0.15, -0.1) is 0 Å². The second-order valence-corrected chi connectivity index (χ2v) is 2.93. The molecule has 0 amide bonds. The van der Waals surface area contributed by atoms with Gasteiger partial charge in [-0.2, -0.15) is 0 Å². The van der Waals surface area contributed by atoms with Gasteiger partial charge in [0.05, 0.1) is 5.70 Å². The quantitative estimate of drug-likeness (QED) is 0.535. The summed E-state index contributed by atoms with van der Waals surface area (Å²) >= 11 is 0. The number of carbonyl (C=O) groups is 1. The number of nitrogens with zero attached hydrogens (tertiary/aromatic N) is 1. The van der Waals surface area contributed by atoms with Crippen molar-refractivity contribution in [1.82, 2.24) is 5.32 Å². The number of aliphatic imine (C=N–C) groups is 1. The molecule has 0 aliphatic carbocycles. The second-order valence-electron chi connectivity index (χ2n) is 2.93. The van der Waals surface area contributed by atoms with Gasteiger partial charge in [-0.05, 0) is 12.5 Å². The summed E-state index contributed by atoms with van der Waals surface area (Å²) in [6.07, 6.45) is 4.18. The lowest BCUT2D eigenvalue weighted by molar-refractivity contribution is -0.114. The van der Waals surface area contributed by atoms with E-state index in [4.69, 9.17) is 0 Å². The van der Waals surface area contributed by atoms with Crippen molar-refractivity contribution in [3.8, 4) is 0 Å². The number of rotatable bonds is 0. The van der Waals surface area contributed by atoms with Crippen LogP contribution in [-0.2, 0) is 4.79 Å². The molecule has 3 nitrogen and oxygen atoms in total. The van der Waals surface area contributed by atoms with E-state index in [2.05, 4.69) is 16.4 Å². The summed E-state index contributed by atoms with van der Waals surface area (Å²) in [6, 6.07) is 0. The third-order valence-electron chi connectivity index (χ3n) is 2.08. The number of nitrogens with one attached hydrogen (secondary N) is 1.